The van der Waals surface area contributed by atoms with Crippen LogP contribution in [-0.2, 0) is 18.9 Å². The normalized spacial score (nSPS) is 22.2. The lowest BCUT2D eigenvalue weighted by Crippen LogP contribution is -2.51. The van der Waals surface area contributed by atoms with Crippen LogP contribution in [0.5, 0.6) is 0 Å². The average molecular weight is 375 g/mol. The van der Waals surface area contributed by atoms with Crippen molar-refractivity contribution in [3.63, 3.8) is 0 Å². The summed E-state index contributed by atoms with van der Waals surface area (Å²) >= 11 is 0. The van der Waals surface area contributed by atoms with Gasteiger partial charge in [0.15, 0.2) is 0 Å². The van der Waals surface area contributed by atoms with Crippen molar-refractivity contribution in [1.82, 2.24) is 4.90 Å². The summed E-state index contributed by atoms with van der Waals surface area (Å²) in [5.41, 5.74) is 0.0449. The molecule has 0 spiro atoms. The number of hydrogen-bond acceptors (Lipinski definition) is 4. The van der Waals surface area contributed by atoms with Crippen molar-refractivity contribution in [2.24, 2.45) is 5.92 Å². The van der Waals surface area contributed by atoms with Crippen LogP contribution in [0.4, 0.5) is 0 Å². The molecule has 7 nitrogen and oxygen atoms in total. The summed E-state index contributed by atoms with van der Waals surface area (Å²) < 4.78 is 17.1. The van der Waals surface area contributed by atoms with E-state index in [2.05, 4.69) is 0 Å². The number of rotatable bonds is 7. The second kappa shape index (κ2) is 9.51. The Hall–Kier alpha value is -1.17. The van der Waals surface area contributed by atoms with E-state index in [9.17, 15) is 23.9 Å². The van der Waals surface area contributed by atoms with Crippen LogP contribution in [0.3, 0.4) is 0 Å². The molecule has 0 aromatic heterocycles. The van der Waals surface area contributed by atoms with Gasteiger partial charge >= 0.3 is 13.6 Å². The summed E-state index contributed by atoms with van der Waals surface area (Å²) in [4.78, 5) is 45.2. The zero-order valence-electron chi connectivity index (χ0n) is 15.5. The Morgan fingerprint density at radius 3 is 2.32 bits per heavy atom. The third-order valence-electron chi connectivity index (χ3n) is 4.79. The summed E-state index contributed by atoms with van der Waals surface area (Å²) in [6, 6.07) is -0.787. The maximum Gasteiger partial charge on any atom is 0.332 e. The van der Waals surface area contributed by atoms with Gasteiger partial charge in [0.05, 0.1) is 12.3 Å². The third kappa shape index (κ3) is 5.94. The minimum absolute atomic E-state index is 0.198. The summed E-state index contributed by atoms with van der Waals surface area (Å²) in [5, 5.41) is 0. The van der Waals surface area contributed by atoms with E-state index in [4.69, 9.17) is 4.74 Å². The monoisotopic (exact) mass is 375 g/mol. The van der Waals surface area contributed by atoms with Gasteiger partial charge in [-0.2, -0.15) is 0 Å². The Morgan fingerprint density at radius 1 is 1.28 bits per heavy atom. The molecule has 0 aliphatic carbocycles. The molecule has 3 atom stereocenters. The largest absolute Gasteiger partial charge is 0.464 e. The third-order valence-corrected chi connectivity index (χ3v) is 6.14. The van der Waals surface area contributed by atoms with E-state index in [1.54, 1.807) is 13.0 Å². The number of likely N-dealkylation sites (tertiary alicyclic amines) is 1. The molecule has 144 valence electrons. The molecule has 0 saturated carbocycles. The number of carbonyl (C=O) groups excluding carboxylic acids is 2. The van der Waals surface area contributed by atoms with E-state index in [1.165, 1.54) is 11.8 Å². The molecule has 1 saturated heterocycles. The average Bonchev–Trinajstić information content (AvgIpc) is 2.54. The van der Waals surface area contributed by atoms with Crippen LogP contribution in [-0.4, -0.2) is 51.4 Å². The zero-order valence-corrected chi connectivity index (χ0v) is 16.4. The predicted octanol–water partition coefficient (Wildman–Crippen LogP) is 2.47. The quantitative estimate of drug-likeness (QED) is 0.402. The number of piperidine rings is 1. The van der Waals surface area contributed by atoms with Gasteiger partial charge in [-0.25, -0.2) is 4.79 Å². The van der Waals surface area contributed by atoms with Crippen molar-refractivity contribution in [3.05, 3.63) is 11.6 Å². The summed E-state index contributed by atoms with van der Waals surface area (Å²) in [5.74, 6) is -1.12. The highest BCUT2D eigenvalue weighted by molar-refractivity contribution is 7.52. The van der Waals surface area contributed by atoms with Crippen LogP contribution in [0.15, 0.2) is 11.6 Å². The minimum Gasteiger partial charge on any atom is -0.464 e. The van der Waals surface area contributed by atoms with Crippen LogP contribution in [0.1, 0.15) is 53.4 Å². The first-order chi connectivity index (χ1) is 11.6. The molecule has 0 bridgehead atoms. The highest BCUT2D eigenvalue weighted by Crippen LogP contribution is 2.49. The smallest absolute Gasteiger partial charge is 0.332 e. The van der Waals surface area contributed by atoms with Gasteiger partial charge in [-0.1, -0.05) is 25.5 Å². The number of esters is 1. The molecule has 1 aliphatic rings. The first kappa shape index (κ1) is 21.9. The predicted molar refractivity (Wildman–Crippen MR) is 95.0 cm³/mol. The number of carbonyl (C=O) groups is 2. The van der Waals surface area contributed by atoms with E-state index in [0.717, 1.165) is 18.4 Å². The second-order valence-corrected chi connectivity index (χ2v) is 8.15. The van der Waals surface area contributed by atoms with Gasteiger partial charge in [-0.05, 0) is 38.5 Å². The van der Waals surface area contributed by atoms with Crippen LogP contribution in [0, 0.1) is 5.92 Å². The van der Waals surface area contributed by atoms with E-state index < -0.39 is 25.3 Å². The highest BCUT2D eigenvalue weighted by atomic mass is 31.2. The lowest BCUT2D eigenvalue weighted by atomic mass is 9.86. The van der Waals surface area contributed by atoms with Crippen LogP contribution in [0.2, 0.25) is 0 Å². The maximum absolute atomic E-state index is 12.2. The van der Waals surface area contributed by atoms with Crippen LogP contribution in [0.25, 0.3) is 0 Å². The SMILES string of the molecule is CCOC(=O)C1CC(C(C=C(CC)CC)P(=O)(O)O)CCN1C(C)=O. The van der Waals surface area contributed by atoms with Crippen molar-refractivity contribution in [2.45, 2.75) is 65.1 Å². The molecule has 1 amide bonds. The van der Waals surface area contributed by atoms with E-state index in [0.29, 0.717) is 13.0 Å². The maximum atomic E-state index is 12.2. The molecule has 1 aliphatic heterocycles. The fraction of sp³-hybridized carbons (Fsp3) is 0.765. The topological polar surface area (TPSA) is 104 Å². The van der Waals surface area contributed by atoms with Gasteiger partial charge in [0.1, 0.15) is 6.04 Å². The minimum atomic E-state index is -4.37. The molecule has 3 unspecified atom stereocenters. The fourth-order valence-corrected chi connectivity index (χ4v) is 4.60. The van der Waals surface area contributed by atoms with Crippen molar-refractivity contribution in [3.8, 4) is 0 Å². The molecule has 1 fully saturated rings. The summed E-state index contributed by atoms with van der Waals surface area (Å²) in [6.45, 7) is 7.47. The Morgan fingerprint density at radius 2 is 1.88 bits per heavy atom. The van der Waals surface area contributed by atoms with Gasteiger partial charge in [0.25, 0.3) is 0 Å². The van der Waals surface area contributed by atoms with Gasteiger partial charge < -0.3 is 19.4 Å². The number of amides is 1. The molecule has 1 heterocycles. The number of allylic oxidation sites excluding steroid dienone is 2. The second-order valence-electron chi connectivity index (χ2n) is 6.38. The number of hydrogen-bond donors (Lipinski definition) is 2. The van der Waals surface area contributed by atoms with Gasteiger partial charge in [-0.3, -0.25) is 9.36 Å². The number of ether oxygens (including phenoxy) is 1. The molecule has 0 radical (unpaired) electrons. The number of nitrogens with zero attached hydrogens (tertiary/aromatic N) is 1. The molecule has 2 N–H and O–H groups in total. The lowest BCUT2D eigenvalue weighted by Gasteiger charge is -2.39. The summed E-state index contributed by atoms with van der Waals surface area (Å²) in [6.07, 6.45) is 3.77. The van der Waals surface area contributed by atoms with Crippen molar-refractivity contribution < 1.29 is 28.7 Å². The van der Waals surface area contributed by atoms with Crippen molar-refractivity contribution in [1.29, 1.82) is 0 Å². The fourth-order valence-electron chi connectivity index (χ4n) is 3.38. The van der Waals surface area contributed by atoms with Gasteiger partial charge in [-0.15, -0.1) is 0 Å². The Labute approximate surface area is 149 Å². The highest BCUT2D eigenvalue weighted by Gasteiger charge is 2.43. The molecule has 0 aromatic rings. The lowest BCUT2D eigenvalue weighted by molar-refractivity contribution is -0.157. The van der Waals surface area contributed by atoms with Gasteiger partial charge in [0.2, 0.25) is 5.91 Å². The zero-order chi connectivity index (χ0) is 19.2. The Balaban J connectivity index is 3.13. The molecular formula is C17H30NO6P. The first-order valence-corrected chi connectivity index (χ1v) is 10.5. The van der Waals surface area contributed by atoms with Gasteiger partial charge in [0, 0.05) is 13.5 Å². The standard InChI is InChI=1S/C17H30NO6P/c1-5-13(6-2)10-16(25(21,22)23)14-8-9-18(12(4)19)15(11-14)17(20)24-7-3/h10,14-16H,5-9,11H2,1-4H3,(H2,21,22,23). The molecule has 8 heteroatoms. The Bertz CT molecular complexity index is 549. The van der Waals surface area contributed by atoms with E-state index >= 15 is 0 Å². The van der Waals surface area contributed by atoms with Crippen LogP contribution >= 0.6 is 7.60 Å². The molecule has 1 rings (SSSR count). The first-order valence-electron chi connectivity index (χ1n) is 8.84. The molecular weight excluding hydrogens is 345 g/mol. The molecule has 0 aromatic carbocycles. The van der Waals surface area contributed by atoms with Crippen molar-refractivity contribution >= 4 is 19.5 Å². The Kier molecular flexibility index (Phi) is 8.32. The van der Waals surface area contributed by atoms with Crippen molar-refractivity contribution in [2.75, 3.05) is 13.2 Å². The van der Waals surface area contributed by atoms with E-state index in [-0.39, 0.29) is 24.9 Å². The van der Waals surface area contributed by atoms with E-state index in [1.807, 2.05) is 13.8 Å². The molecule has 25 heavy (non-hydrogen) atoms. The summed E-state index contributed by atoms with van der Waals surface area (Å²) in [7, 11) is -4.37. The van der Waals surface area contributed by atoms with Crippen LogP contribution < -0.4 is 0 Å².